The van der Waals surface area contributed by atoms with Crippen molar-refractivity contribution < 1.29 is 9.72 Å². The number of rotatable bonds is 8. The third-order valence-corrected chi connectivity index (χ3v) is 6.34. The highest BCUT2D eigenvalue weighted by Crippen LogP contribution is 2.35. The molecule has 0 unspecified atom stereocenters. The van der Waals surface area contributed by atoms with E-state index in [4.69, 9.17) is 0 Å². The highest BCUT2D eigenvalue weighted by molar-refractivity contribution is 5.77. The van der Waals surface area contributed by atoms with Crippen LogP contribution in [-0.2, 0) is 4.79 Å². The fraction of sp³-hybridized carbons (Fsp3) is 0.296. The number of carbonyl (C=O) groups is 1. The van der Waals surface area contributed by atoms with Crippen molar-refractivity contribution >= 4 is 23.0 Å². The number of nitrogens with one attached hydrogen (secondary N) is 1. The summed E-state index contributed by atoms with van der Waals surface area (Å²) in [5.41, 5.74) is 3.50. The molecule has 8 nitrogen and oxygen atoms in total. The van der Waals surface area contributed by atoms with Crippen molar-refractivity contribution in [3.8, 4) is 0 Å². The van der Waals surface area contributed by atoms with Crippen LogP contribution in [0, 0.1) is 10.1 Å². The molecule has 1 aliphatic heterocycles. The molecule has 1 fully saturated rings. The molecule has 0 aliphatic carbocycles. The molecule has 1 saturated heterocycles. The quantitative estimate of drug-likeness (QED) is 0.393. The Bertz CT molecular complexity index is 1110. The van der Waals surface area contributed by atoms with Crippen LogP contribution in [0.1, 0.15) is 17.2 Å². The van der Waals surface area contributed by atoms with E-state index in [1.54, 1.807) is 25.1 Å². The van der Waals surface area contributed by atoms with Gasteiger partial charge in [0.05, 0.1) is 17.5 Å². The van der Waals surface area contributed by atoms with Gasteiger partial charge in [0.15, 0.2) is 0 Å². The number of likely N-dealkylation sites (N-methyl/N-ethyl adjacent to an activating group) is 1. The van der Waals surface area contributed by atoms with Crippen LogP contribution >= 0.6 is 0 Å². The van der Waals surface area contributed by atoms with Crippen LogP contribution in [-0.4, -0.2) is 67.4 Å². The van der Waals surface area contributed by atoms with Gasteiger partial charge < -0.3 is 15.1 Å². The average Bonchev–Trinajstić information content (AvgIpc) is 2.88. The molecule has 3 aromatic carbocycles. The van der Waals surface area contributed by atoms with E-state index >= 15 is 0 Å². The number of piperazine rings is 1. The van der Waals surface area contributed by atoms with Crippen LogP contribution in [0.4, 0.5) is 17.1 Å². The monoisotopic (exact) mass is 473 g/mol. The maximum absolute atomic E-state index is 12.0. The van der Waals surface area contributed by atoms with Gasteiger partial charge in [-0.05, 0) is 23.3 Å². The third-order valence-electron chi connectivity index (χ3n) is 6.34. The topological polar surface area (TPSA) is 82.0 Å². The van der Waals surface area contributed by atoms with Gasteiger partial charge in [-0.3, -0.25) is 19.8 Å². The van der Waals surface area contributed by atoms with Crippen molar-refractivity contribution in [2.24, 2.45) is 0 Å². The summed E-state index contributed by atoms with van der Waals surface area (Å²) in [4.78, 5) is 29.5. The first-order valence-electron chi connectivity index (χ1n) is 11.7. The molecule has 182 valence electrons. The molecule has 0 spiro atoms. The Hall–Kier alpha value is -3.91. The summed E-state index contributed by atoms with van der Waals surface area (Å²) in [6, 6.07) is 24.9. The smallest absolute Gasteiger partial charge is 0.292 e. The zero-order chi connectivity index (χ0) is 24.8. The molecular formula is C27H31N5O3. The van der Waals surface area contributed by atoms with E-state index in [0.29, 0.717) is 12.2 Å². The van der Waals surface area contributed by atoms with Gasteiger partial charge in [0.25, 0.3) is 5.69 Å². The lowest BCUT2D eigenvalue weighted by Crippen LogP contribution is -2.49. The lowest BCUT2D eigenvalue weighted by Gasteiger charge is -2.36. The molecule has 0 saturated carbocycles. The largest absolute Gasteiger partial charge is 0.369 e. The van der Waals surface area contributed by atoms with Crippen molar-refractivity contribution in [3.63, 3.8) is 0 Å². The summed E-state index contributed by atoms with van der Waals surface area (Å²) in [6.07, 6.45) is 0. The van der Waals surface area contributed by atoms with Gasteiger partial charge in [-0.2, -0.15) is 0 Å². The summed E-state index contributed by atoms with van der Waals surface area (Å²) in [5, 5.41) is 15.3. The van der Waals surface area contributed by atoms with Gasteiger partial charge in [0, 0.05) is 52.0 Å². The number of nitrogens with zero attached hydrogens (tertiary/aromatic N) is 4. The van der Waals surface area contributed by atoms with Crippen LogP contribution in [0.3, 0.4) is 0 Å². The summed E-state index contributed by atoms with van der Waals surface area (Å²) in [7, 11) is 3.53. The number of nitro benzene ring substituents is 1. The van der Waals surface area contributed by atoms with Gasteiger partial charge in [0.2, 0.25) is 5.91 Å². The number of amides is 1. The van der Waals surface area contributed by atoms with E-state index in [-0.39, 0.29) is 22.6 Å². The van der Waals surface area contributed by atoms with Crippen molar-refractivity contribution in [2.75, 3.05) is 57.0 Å². The van der Waals surface area contributed by atoms with Crippen molar-refractivity contribution in [2.45, 2.75) is 6.04 Å². The van der Waals surface area contributed by atoms with E-state index in [9.17, 15) is 14.9 Å². The molecule has 1 amide bonds. The predicted octanol–water partition coefficient (Wildman–Crippen LogP) is 4.01. The second-order valence-corrected chi connectivity index (χ2v) is 8.91. The fourth-order valence-corrected chi connectivity index (χ4v) is 4.30. The molecule has 0 atom stereocenters. The number of nitro groups is 1. The molecule has 4 rings (SSSR count). The molecule has 0 bridgehead atoms. The minimum absolute atomic E-state index is 0.0424. The van der Waals surface area contributed by atoms with Crippen molar-refractivity contribution in [3.05, 3.63) is 100 Å². The predicted molar refractivity (Wildman–Crippen MR) is 139 cm³/mol. The Morgan fingerprint density at radius 1 is 0.943 bits per heavy atom. The second-order valence-electron chi connectivity index (χ2n) is 8.91. The summed E-state index contributed by atoms with van der Waals surface area (Å²) >= 11 is 0. The van der Waals surface area contributed by atoms with E-state index < -0.39 is 0 Å². The minimum atomic E-state index is -0.343. The number of carbonyl (C=O) groups excluding carboxylic acids is 1. The van der Waals surface area contributed by atoms with Crippen LogP contribution < -0.4 is 10.2 Å². The number of hydrogen-bond donors (Lipinski definition) is 1. The van der Waals surface area contributed by atoms with Crippen molar-refractivity contribution in [1.29, 1.82) is 0 Å². The van der Waals surface area contributed by atoms with E-state index in [2.05, 4.69) is 15.1 Å². The van der Waals surface area contributed by atoms with E-state index in [1.807, 2.05) is 72.8 Å². The molecule has 8 heteroatoms. The van der Waals surface area contributed by atoms with Crippen LogP contribution in [0.25, 0.3) is 0 Å². The van der Waals surface area contributed by atoms with Crippen LogP contribution in [0.2, 0.25) is 0 Å². The van der Waals surface area contributed by atoms with E-state index in [0.717, 1.165) is 43.0 Å². The SMILES string of the molecule is CN(C)C(=O)CN1CCN(c2ccc([N+](=O)[O-])c(NC(c3ccccc3)c3ccccc3)c2)CC1. The van der Waals surface area contributed by atoms with Crippen LogP contribution in [0.5, 0.6) is 0 Å². The summed E-state index contributed by atoms with van der Waals surface area (Å²) in [5.74, 6) is 0.0909. The zero-order valence-electron chi connectivity index (χ0n) is 20.1. The van der Waals surface area contributed by atoms with Gasteiger partial charge in [-0.25, -0.2) is 0 Å². The zero-order valence-corrected chi connectivity index (χ0v) is 20.1. The Kier molecular flexibility index (Phi) is 7.62. The first-order chi connectivity index (χ1) is 16.9. The first kappa shape index (κ1) is 24.2. The maximum Gasteiger partial charge on any atom is 0.292 e. The highest BCUT2D eigenvalue weighted by atomic mass is 16.6. The Morgan fingerprint density at radius 3 is 2.03 bits per heavy atom. The summed E-state index contributed by atoms with van der Waals surface area (Å²) in [6.45, 7) is 3.42. The van der Waals surface area contributed by atoms with Gasteiger partial charge in [-0.1, -0.05) is 60.7 Å². The average molecular weight is 474 g/mol. The number of anilines is 2. The lowest BCUT2D eigenvalue weighted by atomic mass is 9.98. The fourth-order valence-electron chi connectivity index (χ4n) is 4.30. The van der Waals surface area contributed by atoms with Gasteiger partial charge >= 0.3 is 0 Å². The van der Waals surface area contributed by atoms with Crippen LogP contribution in [0.15, 0.2) is 78.9 Å². The Labute approximate surface area is 205 Å². The molecule has 1 aliphatic rings. The standard InChI is InChI=1S/C27H31N5O3/c1-29(2)26(33)20-30-15-17-31(18-16-30)23-13-14-25(32(34)35)24(19-23)28-27(21-9-5-3-6-10-21)22-11-7-4-8-12-22/h3-14,19,27-28H,15-18,20H2,1-2H3. The molecule has 1 heterocycles. The first-order valence-corrected chi connectivity index (χ1v) is 11.7. The second kappa shape index (κ2) is 11.0. The molecule has 0 radical (unpaired) electrons. The number of benzene rings is 3. The normalized spacial score (nSPS) is 14.1. The molecular weight excluding hydrogens is 442 g/mol. The highest BCUT2D eigenvalue weighted by Gasteiger charge is 2.24. The van der Waals surface area contributed by atoms with Gasteiger partial charge in [0.1, 0.15) is 5.69 Å². The summed E-state index contributed by atoms with van der Waals surface area (Å²) < 4.78 is 0. The molecule has 3 aromatic rings. The number of hydrogen-bond acceptors (Lipinski definition) is 6. The Balaban J connectivity index is 1.58. The third kappa shape index (κ3) is 5.96. The maximum atomic E-state index is 12.0. The Morgan fingerprint density at radius 2 is 1.51 bits per heavy atom. The van der Waals surface area contributed by atoms with Gasteiger partial charge in [-0.15, -0.1) is 0 Å². The molecule has 1 N–H and O–H groups in total. The lowest BCUT2D eigenvalue weighted by molar-refractivity contribution is -0.384. The minimum Gasteiger partial charge on any atom is -0.369 e. The molecule has 0 aromatic heterocycles. The van der Waals surface area contributed by atoms with Crippen molar-refractivity contribution in [1.82, 2.24) is 9.80 Å². The van der Waals surface area contributed by atoms with E-state index in [1.165, 1.54) is 0 Å². The molecule has 35 heavy (non-hydrogen) atoms.